The second-order valence-electron chi connectivity index (χ2n) is 5.92. The zero-order chi connectivity index (χ0) is 13.7. The Morgan fingerprint density at radius 3 is 2.58 bits per heavy atom. The minimum Gasteiger partial charge on any atom is -0.496 e. The first-order chi connectivity index (χ1) is 9.20. The molecule has 0 heterocycles. The maximum atomic E-state index is 5.42. The van der Waals surface area contributed by atoms with Gasteiger partial charge in [0, 0.05) is 12.1 Å². The minimum atomic E-state index is 0.492. The summed E-state index contributed by atoms with van der Waals surface area (Å²) in [6.07, 6.45) is 6.65. The molecule has 2 nitrogen and oxygen atoms in total. The van der Waals surface area contributed by atoms with E-state index in [0.717, 1.165) is 18.1 Å². The fourth-order valence-electron chi connectivity index (χ4n) is 3.30. The Kier molecular flexibility index (Phi) is 5.26. The lowest BCUT2D eigenvalue weighted by Gasteiger charge is -2.25. The fraction of sp³-hybridized carbons (Fsp3) is 0.647. The van der Waals surface area contributed by atoms with Crippen LogP contribution in [0.5, 0.6) is 5.75 Å². The molecule has 2 atom stereocenters. The molecular formula is C17H27NO. The molecule has 2 rings (SSSR count). The summed E-state index contributed by atoms with van der Waals surface area (Å²) >= 11 is 0. The second-order valence-corrected chi connectivity index (χ2v) is 5.92. The summed E-state index contributed by atoms with van der Waals surface area (Å²) in [5.41, 5.74) is 1.30. The first-order valence-corrected chi connectivity index (χ1v) is 7.58. The van der Waals surface area contributed by atoms with Gasteiger partial charge in [-0.25, -0.2) is 0 Å². The summed E-state index contributed by atoms with van der Waals surface area (Å²) in [6.45, 7) is 4.62. The summed E-state index contributed by atoms with van der Waals surface area (Å²) in [5, 5.41) is 3.77. The Morgan fingerprint density at radius 2 is 1.89 bits per heavy atom. The van der Waals surface area contributed by atoms with E-state index >= 15 is 0 Å². The number of benzene rings is 1. The molecule has 0 radical (unpaired) electrons. The minimum absolute atomic E-state index is 0.492. The van der Waals surface area contributed by atoms with Gasteiger partial charge < -0.3 is 10.1 Å². The van der Waals surface area contributed by atoms with Crippen molar-refractivity contribution in [3.05, 3.63) is 29.8 Å². The maximum Gasteiger partial charge on any atom is 0.122 e. The number of rotatable bonds is 6. The van der Waals surface area contributed by atoms with E-state index in [4.69, 9.17) is 4.74 Å². The quantitative estimate of drug-likeness (QED) is 0.841. The van der Waals surface area contributed by atoms with E-state index in [1.165, 1.54) is 31.2 Å². The Hall–Kier alpha value is -1.02. The van der Waals surface area contributed by atoms with Crippen LogP contribution in [0, 0.1) is 5.92 Å². The van der Waals surface area contributed by atoms with E-state index in [9.17, 15) is 0 Å². The molecule has 1 fully saturated rings. The van der Waals surface area contributed by atoms with Gasteiger partial charge in [-0.15, -0.1) is 0 Å². The normalized spacial score (nSPS) is 19.3. The van der Waals surface area contributed by atoms with Gasteiger partial charge in [0.1, 0.15) is 5.75 Å². The molecule has 0 bridgehead atoms. The molecule has 2 heteroatoms. The summed E-state index contributed by atoms with van der Waals surface area (Å²) in [5.74, 6) is 1.88. The van der Waals surface area contributed by atoms with Crippen LogP contribution in [0.4, 0.5) is 0 Å². The highest BCUT2D eigenvalue weighted by atomic mass is 16.5. The molecule has 0 amide bonds. The smallest absolute Gasteiger partial charge is 0.122 e. The summed E-state index contributed by atoms with van der Waals surface area (Å²) in [4.78, 5) is 0. The van der Waals surface area contributed by atoms with E-state index in [2.05, 4.69) is 31.3 Å². The van der Waals surface area contributed by atoms with Crippen molar-refractivity contribution in [2.24, 2.45) is 5.92 Å². The zero-order valence-electron chi connectivity index (χ0n) is 12.5. The van der Waals surface area contributed by atoms with Gasteiger partial charge in [0.15, 0.2) is 0 Å². The molecule has 1 saturated carbocycles. The third-order valence-electron chi connectivity index (χ3n) is 4.37. The average Bonchev–Trinajstić information content (AvgIpc) is 2.93. The molecule has 2 unspecified atom stereocenters. The largest absolute Gasteiger partial charge is 0.496 e. The van der Waals surface area contributed by atoms with Crippen LogP contribution in [0.3, 0.4) is 0 Å². The van der Waals surface area contributed by atoms with Crippen LogP contribution in [0.15, 0.2) is 24.3 Å². The van der Waals surface area contributed by atoms with Crippen molar-refractivity contribution in [3.63, 3.8) is 0 Å². The topological polar surface area (TPSA) is 21.3 Å². The maximum absolute atomic E-state index is 5.42. The predicted molar refractivity (Wildman–Crippen MR) is 80.7 cm³/mol. The second kappa shape index (κ2) is 6.95. The van der Waals surface area contributed by atoms with E-state index < -0.39 is 0 Å². The first-order valence-electron chi connectivity index (χ1n) is 7.58. The summed E-state index contributed by atoms with van der Waals surface area (Å²) in [6, 6.07) is 9.45. The monoisotopic (exact) mass is 261 g/mol. The predicted octanol–water partition coefficient (Wildman–Crippen LogP) is 3.79. The molecule has 1 aromatic rings. The SMILES string of the molecule is COc1ccccc1CC(C)NC(C)C1CCCC1. The summed E-state index contributed by atoms with van der Waals surface area (Å²) < 4.78 is 5.42. The van der Waals surface area contributed by atoms with Crippen molar-refractivity contribution in [1.29, 1.82) is 0 Å². The highest BCUT2D eigenvalue weighted by molar-refractivity contribution is 5.33. The number of ether oxygens (including phenoxy) is 1. The number of hydrogen-bond acceptors (Lipinski definition) is 2. The van der Waals surface area contributed by atoms with Crippen molar-refractivity contribution < 1.29 is 4.74 Å². The van der Waals surface area contributed by atoms with E-state index in [1.54, 1.807) is 7.11 Å². The van der Waals surface area contributed by atoms with Crippen molar-refractivity contribution >= 4 is 0 Å². The number of hydrogen-bond donors (Lipinski definition) is 1. The lowest BCUT2D eigenvalue weighted by atomic mass is 9.97. The van der Waals surface area contributed by atoms with Gasteiger partial charge in [-0.3, -0.25) is 0 Å². The molecule has 0 saturated heterocycles. The Balaban J connectivity index is 1.87. The van der Waals surface area contributed by atoms with E-state index in [-0.39, 0.29) is 0 Å². The molecule has 0 aliphatic heterocycles. The van der Waals surface area contributed by atoms with Crippen molar-refractivity contribution in [1.82, 2.24) is 5.32 Å². The van der Waals surface area contributed by atoms with Gasteiger partial charge in [0.05, 0.1) is 7.11 Å². The van der Waals surface area contributed by atoms with Gasteiger partial charge in [-0.1, -0.05) is 31.0 Å². The van der Waals surface area contributed by atoms with Gasteiger partial charge in [-0.05, 0) is 50.7 Å². The molecule has 1 aromatic carbocycles. The van der Waals surface area contributed by atoms with Crippen LogP contribution < -0.4 is 10.1 Å². The average molecular weight is 261 g/mol. The van der Waals surface area contributed by atoms with Crippen molar-refractivity contribution in [2.75, 3.05) is 7.11 Å². The van der Waals surface area contributed by atoms with Crippen LogP contribution in [0.2, 0.25) is 0 Å². The fourth-order valence-corrected chi connectivity index (χ4v) is 3.30. The molecule has 1 aliphatic carbocycles. The molecule has 106 valence electrons. The number of nitrogens with one attached hydrogen (secondary N) is 1. The lowest BCUT2D eigenvalue weighted by molar-refractivity contribution is 0.345. The van der Waals surface area contributed by atoms with Crippen LogP contribution in [-0.2, 0) is 6.42 Å². The Labute approximate surface area is 117 Å². The molecule has 19 heavy (non-hydrogen) atoms. The van der Waals surface area contributed by atoms with Crippen molar-refractivity contribution in [3.8, 4) is 5.75 Å². The van der Waals surface area contributed by atoms with Crippen LogP contribution in [0.25, 0.3) is 0 Å². The van der Waals surface area contributed by atoms with Gasteiger partial charge in [0.25, 0.3) is 0 Å². The van der Waals surface area contributed by atoms with Crippen LogP contribution >= 0.6 is 0 Å². The van der Waals surface area contributed by atoms with Crippen molar-refractivity contribution in [2.45, 2.75) is 58.0 Å². The molecule has 0 aromatic heterocycles. The van der Waals surface area contributed by atoms with Gasteiger partial charge in [-0.2, -0.15) is 0 Å². The highest BCUT2D eigenvalue weighted by Gasteiger charge is 2.22. The Morgan fingerprint density at radius 1 is 1.21 bits per heavy atom. The molecule has 1 aliphatic rings. The lowest BCUT2D eigenvalue weighted by Crippen LogP contribution is -2.39. The molecule has 1 N–H and O–H groups in total. The standard InChI is InChI=1S/C17H27NO/c1-13(18-14(2)15-8-4-5-9-15)12-16-10-6-7-11-17(16)19-3/h6-7,10-11,13-15,18H,4-5,8-9,12H2,1-3H3. The molecular weight excluding hydrogens is 234 g/mol. The third-order valence-corrected chi connectivity index (χ3v) is 4.37. The first kappa shape index (κ1) is 14.4. The molecule has 0 spiro atoms. The van der Waals surface area contributed by atoms with E-state index in [1.807, 2.05) is 12.1 Å². The van der Waals surface area contributed by atoms with Crippen LogP contribution in [0.1, 0.15) is 45.1 Å². The summed E-state index contributed by atoms with van der Waals surface area (Å²) in [7, 11) is 1.75. The zero-order valence-corrected chi connectivity index (χ0v) is 12.5. The highest BCUT2D eigenvalue weighted by Crippen LogP contribution is 2.28. The third kappa shape index (κ3) is 3.97. The van der Waals surface area contributed by atoms with Gasteiger partial charge >= 0.3 is 0 Å². The van der Waals surface area contributed by atoms with Gasteiger partial charge in [0.2, 0.25) is 0 Å². The van der Waals surface area contributed by atoms with E-state index in [0.29, 0.717) is 12.1 Å². The Bertz CT molecular complexity index is 385. The number of para-hydroxylation sites is 1. The van der Waals surface area contributed by atoms with Crippen LogP contribution in [-0.4, -0.2) is 19.2 Å². The number of methoxy groups -OCH3 is 1.